The van der Waals surface area contributed by atoms with Crippen LogP contribution in [0.4, 0.5) is 0 Å². The van der Waals surface area contributed by atoms with Gasteiger partial charge in [0.25, 0.3) is 0 Å². The fourth-order valence-electron chi connectivity index (χ4n) is 2.31. The average Bonchev–Trinajstić information content (AvgIpc) is 3.02. The number of benzene rings is 2. The van der Waals surface area contributed by atoms with Gasteiger partial charge < -0.3 is 0 Å². The van der Waals surface area contributed by atoms with E-state index in [2.05, 4.69) is 71.7 Å². The van der Waals surface area contributed by atoms with Crippen LogP contribution in [0.3, 0.4) is 0 Å². The Morgan fingerprint density at radius 3 is 2.16 bits per heavy atom. The van der Waals surface area contributed by atoms with Crippen molar-refractivity contribution in [2.45, 2.75) is 12.8 Å². The molecule has 0 amide bonds. The monoisotopic (exact) mass is 248 g/mol. The minimum absolute atomic E-state index is 0.416. The molecular weight excluding hydrogens is 232 g/mol. The first-order valence-electron chi connectivity index (χ1n) is 6.48. The van der Waals surface area contributed by atoms with Gasteiger partial charge in [-0.3, -0.25) is 5.10 Å². The molecule has 1 aromatic heterocycles. The number of aromatic amines is 1. The Hall–Kier alpha value is -2.35. The highest BCUT2D eigenvalue weighted by Crippen LogP contribution is 2.26. The predicted molar refractivity (Wildman–Crippen MR) is 78.0 cm³/mol. The van der Waals surface area contributed by atoms with E-state index >= 15 is 0 Å². The van der Waals surface area contributed by atoms with Crippen LogP contribution in [-0.2, 0) is 0 Å². The van der Waals surface area contributed by atoms with Crippen molar-refractivity contribution in [3.63, 3.8) is 0 Å². The number of nitrogens with zero attached hydrogens (tertiary/aromatic N) is 1. The third-order valence-corrected chi connectivity index (χ3v) is 3.54. The summed E-state index contributed by atoms with van der Waals surface area (Å²) in [4.78, 5) is 0. The van der Waals surface area contributed by atoms with E-state index in [1.54, 1.807) is 0 Å². The molecule has 0 aliphatic heterocycles. The Labute approximate surface area is 113 Å². The average molecular weight is 248 g/mol. The van der Waals surface area contributed by atoms with Crippen molar-refractivity contribution in [3.05, 3.63) is 78.1 Å². The van der Waals surface area contributed by atoms with Crippen molar-refractivity contribution >= 4 is 0 Å². The quantitative estimate of drug-likeness (QED) is 0.738. The number of hydrogen-bond acceptors (Lipinski definition) is 1. The number of nitrogens with one attached hydrogen (secondary N) is 1. The van der Waals surface area contributed by atoms with Crippen LogP contribution in [0.1, 0.15) is 24.0 Å². The van der Waals surface area contributed by atoms with Gasteiger partial charge in [0.15, 0.2) is 0 Å². The van der Waals surface area contributed by atoms with Gasteiger partial charge in [0.2, 0.25) is 0 Å². The van der Waals surface area contributed by atoms with Gasteiger partial charge in [-0.2, -0.15) is 5.10 Å². The van der Waals surface area contributed by atoms with Crippen molar-refractivity contribution in [3.8, 4) is 11.1 Å². The second kappa shape index (κ2) is 5.11. The summed E-state index contributed by atoms with van der Waals surface area (Å²) >= 11 is 0. The van der Waals surface area contributed by atoms with E-state index in [4.69, 9.17) is 0 Å². The van der Waals surface area contributed by atoms with E-state index in [0.29, 0.717) is 5.92 Å². The van der Waals surface area contributed by atoms with Crippen LogP contribution < -0.4 is 0 Å². The molecule has 0 radical (unpaired) electrons. The molecule has 2 nitrogen and oxygen atoms in total. The van der Waals surface area contributed by atoms with Crippen LogP contribution in [0.2, 0.25) is 0 Å². The predicted octanol–water partition coefficient (Wildman–Crippen LogP) is 4.23. The summed E-state index contributed by atoms with van der Waals surface area (Å²) in [6, 6.07) is 19.3. The van der Waals surface area contributed by atoms with Crippen molar-refractivity contribution in [2.75, 3.05) is 0 Å². The molecule has 2 aromatic carbocycles. The molecule has 1 heterocycles. The standard InChI is InChI=1S/C17H16N2/c1-13(14-5-3-2-4-6-14)15-7-9-16(10-8-15)17-11-18-19-12-17/h2-13H,1H3,(H,18,19). The topological polar surface area (TPSA) is 28.7 Å². The molecular formula is C17H16N2. The highest BCUT2D eigenvalue weighted by atomic mass is 15.1. The maximum Gasteiger partial charge on any atom is 0.0565 e. The lowest BCUT2D eigenvalue weighted by Crippen LogP contribution is -1.95. The zero-order valence-corrected chi connectivity index (χ0v) is 10.9. The molecule has 19 heavy (non-hydrogen) atoms. The van der Waals surface area contributed by atoms with Crippen molar-refractivity contribution < 1.29 is 0 Å². The molecule has 3 rings (SSSR count). The first kappa shape index (κ1) is 11.7. The Morgan fingerprint density at radius 1 is 0.842 bits per heavy atom. The summed E-state index contributed by atoms with van der Waals surface area (Å²) in [6.07, 6.45) is 3.76. The van der Waals surface area contributed by atoms with E-state index in [1.165, 1.54) is 16.7 Å². The third kappa shape index (κ3) is 2.43. The summed E-state index contributed by atoms with van der Waals surface area (Å²) < 4.78 is 0. The second-order valence-electron chi connectivity index (χ2n) is 4.74. The lowest BCUT2D eigenvalue weighted by molar-refractivity contribution is 0.923. The van der Waals surface area contributed by atoms with Gasteiger partial charge in [0, 0.05) is 17.7 Å². The minimum Gasteiger partial charge on any atom is -0.285 e. The Balaban J connectivity index is 1.87. The summed E-state index contributed by atoms with van der Waals surface area (Å²) in [5, 5.41) is 6.82. The fourth-order valence-corrected chi connectivity index (χ4v) is 2.31. The largest absolute Gasteiger partial charge is 0.285 e. The number of hydrogen-bond donors (Lipinski definition) is 1. The van der Waals surface area contributed by atoms with Gasteiger partial charge in [0.05, 0.1) is 6.20 Å². The maximum atomic E-state index is 3.98. The zero-order chi connectivity index (χ0) is 13.1. The minimum atomic E-state index is 0.416. The summed E-state index contributed by atoms with van der Waals surface area (Å²) in [5.74, 6) is 0.416. The van der Waals surface area contributed by atoms with Gasteiger partial charge in [-0.25, -0.2) is 0 Å². The van der Waals surface area contributed by atoms with Crippen LogP contribution in [0.5, 0.6) is 0 Å². The molecule has 0 aliphatic carbocycles. The number of rotatable bonds is 3. The van der Waals surface area contributed by atoms with Crippen molar-refractivity contribution in [2.24, 2.45) is 0 Å². The van der Waals surface area contributed by atoms with E-state index < -0.39 is 0 Å². The molecule has 0 aliphatic rings. The second-order valence-corrected chi connectivity index (χ2v) is 4.74. The highest BCUT2D eigenvalue weighted by Gasteiger charge is 2.08. The number of aromatic nitrogens is 2. The SMILES string of the molecule is CC(c1ccccc1)c1ccc(-c2cn[nH]c2)cc1. The summed E-state index contributed by atoms with van der Waals surface area (Å²) in [5.41, 5.74) is 4.99. The number of H-pyrrole nitrogens is 1. The van der Waals surface area contributed by atoms with E-state index in [0.717, 1.165) is 5.56 Å². The molecule has 1 N–H and O–H groups in total. The molecule has 2 heteroatoms. The van der Waals surface area contributed by atoms with Crippen LogP contribution in [0, 0.1) is 0 Å². The van der Waals surface area contributed by atoms with E-state index in [1.807, 2.05) is 12.4 Å². The molecule has 0 saturated heterocycles. The molecule has 0 saturated carbocycles. The van der Waals surface area contributed by atoms with Gasteiger partial charge in [-0.15, -0.1) is 0 Å². The van der Waals surface area contributed by atoms with Gasteiger partial charge in [0.1, 0.15) is 0 Å². The van der Waals surface area contributed by atoms with Gasteiger partial charge in [-0.05, 0) is 16.7 Å². The van der Waals surface area contributed by atoms with Gasteiger partial charge in [-0.1, -0.05) is 61.5 Å². The van der Waals surface area contributed by atoms with Crippen molar-refractivity contribution in [1.29, 1.82) is 0 Å². The molecule has 0 fully saturated rings. The van der Waals surface area contributed by atoms with Gasteiger partial charge >= 0.3 is 0 Å². The Kier molecular flexibility index (Phi) is 3.15. The highest BCUT2D eigenvalue weighted by molar-refractivity contribution is 5.62. The summed E-state index contributed by atoms with van der Waals surface area (Å²) in [6.45, 7) is 2.24. The van der Waals surface area contributed by atoms with Crippen LogP contribution >= 0.6 is 0 Å². The fraction of sp³-hybridized carbons (Fsp3) is 0.118. The molecule has 94 valence electrons. The lowest BCUT2D eigenvalue weighted by Gasteiger charge is -2.12. The van der Waals surface area contributed by atoms with E-state index in [-0.39, 0.29) is 0 Å². The first-order chi connectivity index (χ1) is 9.34. The molecule has 3 aromatic rings. The lowest BCUT2D eigenvalue weighted by atomic mass is 9.92. The van der Waals surface area contributed by atoms with Crippen LogP contribution in [-0.4, -0.2) is 10.2 Å². The molecule has 1 atom stereocenters. The van der Waals surface area contributed by atoms with Crippen LogP contribution in [0.25, 0.3) is 11.1 Å². The normalized spacial score (nSPS) is 12.3. The third-order valence-electron chi connectivity index (χ3n) is 3.54. The van der Waals surface area contributed by atoms with Crippen LogP contribution in [0.15, 0.2) is 67.0 Å². The molecule has 1 unspecified atom stereocenters. The molecule has 0 spiro atoms. The first-order valence-corrected chi connectivity index (χ1v) is 6.48. The molecule has 0 bridgehead atoms. The van der Waals surface area contributed by atoms with E-state index in [9.17, 15) is 0 Å². The Bertz CT molecular complexity index is 625. The zero-order valence-electron chi connectivity index (χ0n) is 10.9. The maximum absolute atomic E-state index is 3.98. The Morgan fingerprint density at radius 2 is 1.53 bits per heavy atom. The van der Waals surface area contributed by atoms with Crippen molar-refractivity contribution in [1.82, 2.24) is 10.2 Å². The summed E-state index contributed by atoms with van der Waals surface area (Å²) in [7, 11) is 0. The smallest absolute Gasteiger partial charge is 0.0565 e.